The van der Waals surface area contributed by atoms with Gasteiger partial charge in [0.2, 0.25) is 17.7 Å². The van der Waals surface area contributed by atoms with E-state index in [2.05, 4.69) is 27.9 Å². The minimum absolute atomic E-state index is 0.0115. The van der Waals surface area contributed by atoms with Gasteiger partial charge in [-0.15, -0.1) is 5.10 Å². The number of anilines is 1. The number of aromatic nitrogens is 3. The molecule has 10 heteroatoms. The molecule has 2 fully saturated rings. The van der Waals surface area contributed by atoms with Crippen molar-refractivity contribution in [3.05, 3.63) is 41.2 Å². The van der Waals surface area contributed by atoms with E-state index in [0.29, 0.717) is 23.2 Å². The molecule has 2 aliphatic heterocycles. The molecule has 1 saturated carbocycles. The lowest BCUT2D eigenvalue weighted by molar-refractivity contribution is -0.137. The second kappa shape index (κ2) is 7.00. The van der Waals surface area contributed by atoms with Gasteiger partial charge in [0, 0.05) is 41.4 Å². The van der Waals surface area contributed by atoms with Gasteiger partial charge in [-0.25, -0.2) is 4.68 Å². The molecular weight excluding hydrogens is 400 g/mol. The third-order valence-corrected chi connectivity index (χ3v) is 6.32. The Morgan fingerprint density at radius 3 is 2.84 bits per heavy atom. The molecule has 160 valence electrons. The third-order valence-electron chi connectivity index (χ3n) is 6.32. The fourth-order valence-corrected chi connectivity index (χ4v) is 4.14. The van der Waals surface area contributed by atoms with Crippen LogP contribution in [0.5, 0.6) is 0 Å². The number of hydrogen-bond donors (Lipinski definition) is 2. The fourth-order valence-electron chi connectivity index (χ4n) is 4.14. The Labute approximate surface area is 178 Å². The van der Waals surface area contributed by atoms with Crippen LogP contribution in [-0.4, -0.2) is 49.6 Å². The Bertz CT molecular complexity index is 1120. The predicted octanol–water partition coefficient (Wildman–Crippen LogP) is 0.729. The van der Waals surface area contributed by atoms with Crippen LogP contribution >= 0.6 is 0 Å². The molecule has 1 atom stereocenters. The lowest BCUT2D eigenvalue weighted by Crippen LogP contribution is -2.52. The highest BCUT2D eigenvalue weighted by molar-refractivity contribution is 6.06. The van der Waals surface area contributed by atoms with E-state index < -0.39 is 11.9 Å². The van der Waals surface area contributed by atoms with Crippen molar-refractivity contribution < 1.29 is 19.2 Å². The average molecular weight is 422 g/mol. The number of carbonyl (C=O) groups excluding carboxylic acids is 4. The second-order valence-electron chi connectivity index (χ2n) is 8.64. The summed E-state index contributed by atoms with van der Waals surface area (Å²) in [6.07, 6.45) is 4.44. The van der Waals surface area contributed by atoms with E-state index in [4.69, 9.17) is 0 Å². The second-order valence-corrected chi connectivity index (χ2v) is 8.64. The first-order valence-corrected chi connectivity index (χ1v) is 10.3. The predicted molar refractivity (Wildman–Crippen MR) is 108 cm³/mol. The van der Waals surface area contributed by atoms with E-state index in [-0.39, 0.29) is 42.6 Å². The van der Waals surface area contributed by atoms with Gasteiger partial charge in [0.1, 0.15) is 12.6 Å². The number of rotatable bonds is 5. The lowest BCUT2D eigenvalue weighted by Gasteiger charge is -2.29. The van der Waals surface area contributed by atoms with E-state index in [1.165, 1.54) is 9.58 Å². The topological polar surface area (TPSA) is 126 Å². The molecule has 1 aliphatic carbocycles. The molecule has 0 radical (unpaired) electrons. The smallest absolute Gasteiger partial charge is 0.255 e. The zero-order chi connectivity index (χ0) is 21.8. The zero-order valence-corrected chi connectivity index (χ0v) is 17.1. The minimum atomic E-state index is -0.696. The summed E-state index contributed by atoms with van der Waals surface area (Å²) in [5.74, 6) is -1.35. The molecule has 4 amide bonds. The number of amides is 4. The zero-order valence-electron chi connectivity index (χ0n) is 17.1. The summed E-state index contributed by atoms with van der Waals surface area (Å²) in [6, 6.07) is 4.41. The van der Waals surface area contributed by atoms with Crippen LogP contribution in [0, 0.1) is 0 Å². The highest BCUT2D eigenvalue weighted by Crippen LogP contribution is 2.46. The first kappa shape index (κ1) is 19.4. The van der Waals surface area contributed by atoms with Crippen molar-refractivity contribution >= 4 is 29.3 Å². The minimum Gasteiger partial charge on any atom is -0.324 e. The molecule has 1 aromatic heterocycles. The maximum atomic E-state index is 12.9. The van der Waals surface area contributed by atoms with Gasteiger partial charge in [-0.05, 0) is 31.4 Å². The van der Waals surface area contributed by atoms with Crippen LogP contribution in [0.25, 0.3) is 0 Å². The largest absolute Gasteiger partial charge is 0.324 e. The van der Waals surface area contributed by atoms with Crippen LogP contribution < -0.4 is 10.6 Å². The summed E-state index contributed by atoms with van der Waals surface area (Å²) in [4.78, 5) is 50.6. The molecule has 2 aromatic rings. The molecule has 1 aromatic carbocycles. The normalized spacial score (nSPS) is 21.6. The first-order chi connectivity index (χ1) is 14.8. The van der Waals surface area contributed by atoms with Gasteiger partial charge in [-0.1, -0.05) is 18.2 Å². The summed E-state index contributed by atoms with van der Waals surface area (Å²) in [7, 11) is 0. The van der Waals surface area contributed by atoms with Crippen LogP contribution in [0.4, 0.5) is 5.69 Å². The van der Waals surface area contributed by atoms with E-state index >= 15 is 0 Å². The van der Waals surface area contributed by atoms with Gasteiger partial charge in [0.15, 0.2) is 0 Å². The quantitative estimate of drug-likeness (QED) is 0.684. The number of piperidine rings is 1. The molecule has 31 heavy (non-hydrogen) atoms. The first-order valence-electron chi connectivity index (χ1n) is 10.3. The average Bonchev–Trinajstić information content (AvgIpc) is 3.15. The highest BCUT2D eigenvalue weighted by Gasteiger charge is 2.42. The SMILES string of the molecule is CC1(c2cn(CC(=O)Nc3cccc4c3CN(C3CCC(=O)NC3=O)C4=O)nn2)CC1. The molecule has 0 spiro atoms. The number of imide groups is 1. The molecule has 10 nitrogen and oxygen atoms in total. The molecule has 1 saturated heterocycles. The Morgan fingerprint density at radius 2 is 2.10 bits per heavy atom. The Kier molecular flexibility index (Phi) is 4.38. The number of benzene rings is 1. The van der Waals surface area contributed by atoms with Crippen molar-refractivity contribution in [1.29, 1.82) is 0 Å². The molecule has 1 unspecified atom stereocenters. The van der Waals surface area contributed by atoms with Crippen LogP contribution in [0.15, 0.2) is 24.4 Å². The maximum Gasteiger partial charge on any atom is 0.255 e. The monoisotopic (exact) mass is 422 g/mol. The van der Waals surface area contributed by atoms with E-state index in [1.54, 1.807) is 24.4 Å². The number of hydrogen-bond acceptors (Lipinski definition) is 6. The van der Waals surface area contributed by atoms with Crippen LogP contribution in [-0.2, 0) is 32.9 Å². The summed E-state index contributed by atoms with van der Waals surface area (Å²) in [6.45, 7) is 2.33. The standard InChI is InChI=1S/C21H22N6O4/c1-21(7-8-21)16-10-26(25-24-16)11-18(29)22-14-4-2-3-12-13(14)9-27(20(12)31)15-5-6-17(28)23-19(15)30/h2-4,10,15H,5-9,11H2,1H3,(H,22,29)(H,23,28,30). The van der Waals surface area contributed by atoms with Gasteiger partial charge in [0.25, 0.3) is 5.91 Å². The Balaban J connectivity index is 1.30. The van der Waals surface area contributed by atoms with Crippen LogP contribution in [0.1, 0.15) is 54.2 Å². The van der Waals surface area contributed by atoms with Crippen molar-refractivity contribution in [3.63, 3.8) is 0 Å². The van der Waals surface area contributed by atoms with Gasteiger partial charge in [0.05, 0.1) is 5.69 Å². The van der Waals surface area contributed by atoms with Crippen molar-refractivity contribution in [2.24, 2.45) is 0 Å². The molecule has 2 N–H and O–H groups in total. The third kappa shape index (κ3) is 3.47. The lowest BCUT2D eigenvalue weighted by atomic mass is 10.0. The van der Waals surface area contributed by atoms with Crippen LogP contribution in [0.2, 0.25) is 0 Å². The number of nitrogens with zero attached hydrogens (tertiary/aromatic N) is 4. The number of fused-ring (bicyclic) bond motifs is 1. The summed E-state index contributed by atoms with van der Waals surface area (Å²) in [5, 5.41) is 13.4. The summed E-state index contributed by atoms with van der Waals surface area (Å²) >= 11 is 0. The molecule has 3 aliphatic rings. The van der Waals surface area contributed by atoms with E-state index in [1.807, 2.05) is 0 Å². The van der Waals surface area contributed by atoms with Gasteiger partial charge >= 0.3 is 0 Å². The Hall–Kier alpha value is -3.56. The molecular formula is C21H22N6O4. The fraction of sp³-hybridized carbons (Fsp3) is 0.429. The van der Waals surface area contributed by atoms with Crippen molar-refractivity contribution in [1.82, 2.24) is 25.2 Å². The maximum absolute atomic E-state index is 12.9. The summed E-state index contributed by atoms with van der Waals surface area (Å²) in [5.41, 5.74) is 2.61. The summed E-state index contributed by atoms with van der Waals surface area (Å²) < 4.78 is 1.51. The van der Waals surface area contributed by atoms with Gasteiger partial charge in [-0.2, -0.15) is 0 Å². The van der Waals surface area contributed by atoms with Crippen molar-refractivity contribution in [3.8, 4) is 0 Å². The van der Waals surface area contributed by atoms with E-state index in [9.17, 15) is 19.2 Å². The molecule has 5 rings (SSSR count). The number of nitrogens with one attached hydrogen (secondary N) is 2. The Morgan fingerprint density at radius 1 is 1.29 bits per heavy atom. The number of carbonyl (C=O) groups is 4. The van der Waals surface area contributed by atoms with E-state index in [0.717, 1.165) is 18.5 Å². The van der Waals surface area contributed by atoms with Crippen molar-refractivity contribution in [2.45, 2.75) is 57.2 Å². The van der Waals surface area contributed by atoms with Gasteiger partial charge < -0.3 is 10.2 Å². The molecule has 3 heterocycles. The van der Waals surface area contributed by atoms with Gasteiger partial charge in [-0.3, -0.25) is 24.5 Å². The highest BCUT2D eigenvalue weighted by atomic mass is 16.2. The van der Waals surface area contributed by atoms with Crippen molar-refractivity contribution in [2.75, 3.05) is 5.32 Å². The molecule has 0 bridgehead atoms. The van der Waals surface area contributed by atoms with Crippen LogP contribution in [0.3, 0.4) is 0 Å².